The van der Waals surface area contributed by atoms with Crippen molar-refractivity contribution in [2.45, 2.75) is 31.9 Å². The lowest BCUT2D eigenvalue weighted by Gasteiger charge is -2.28. The number of nitrogens with two attached hydrogens (primary N) is 1. The lowest BCUT2D eigenvalue weighted by molar-refractivity contribution is 0.0136. The molecule has 1 aromatic carbocycles. The molecule has 0 saturated carbocycles. The van der Waals surface area contributed by atoms with E-state index in [9.17, 15) is 9.18 Å². The summed E-state index contributed by atoms with van der Waals surface area (Å²) in [6.07, 6.45) is 1.63. The molecule has 1 saturated heterocycles. The third-order valence-electron chi connectivity index (χ3n) is 3.06. The van der Waals surface area contributed by atoms with Crippen molar-refractivity contribution in [3.05, 3.63) is 29.6 Å². The summed E-state index contributed by atoms with van der Waals surface area (Å²) in [5, 5.41) is 2.83. The molecule has 1 heterocycles. The molecule has 0 aliphatic carbocycles. The summed E-state index contributed by atoms with van der Waals surface area (Å²) in [6.45, 7) is 2.58. The molecule has 1 fully saturated rings. The molecule has 98 valence electrons. The van der Waals surface area contributed by atoms with Gasteiger partial charge in [0.25, 0.3) is 5.91 Å². The first-order chi connectivity index (χ1) is 8.56. The molecule has 0 radical (unpaired) electrons. The van der Waals surface area contributed by atoms with Gasteiger partial charge < -0.3 is 15.8 Å². The average Bonchev–Trinajstić information content (AvgIpc) is 2.28. The van der Waals surface area contributed by atoms with Crippen LogP contribution in [0, 0.1) is 5.82 Å². The minimum Gasteiger partial charge on any atom is -0.399 e. The van der Waals surface area contributed by atoms with Gasteiger partial charge in [0.1, 0.15) is 5.82 Å². The number of rotatable bonds is 2. The van der Waals surface area contributed by atoms with Crippen molar-refractivity contribution in [1.29, 1.82) is 0 Å². The monoisotopic (exact) mass is 252 g/mol. The fourth-order valence-corrected chi connectivity index (χ4v) is 2.11. The molecule has 4 nitrogen and oxygen atoms in total. The van der Waals surface area contributed by atoms with Crippen molar-refractivity contribution < 1.29 is 13.9 Å². The number of hydrogen-bond acceptors (Lipinski definition) is 3. The predicted octanol–water partition coefficient (Wildman–Crippen LogP) is 1.71. The van der Waals surface area contributed by atoms with Crippen molar-refractivity contribution >= 4 is 11.6 Å². The molecular formula is C13H17FN2O2. The van der Waals surface area contributed by atoms with E-state index in [-0.39, 0.29) is 17.7 Å². The average molecular weight is 252 g/mol. The summed E-state index contributed by atoms with van der Waals surface area (Å²) < 4.78 is 19.0. The zero-order valence-corrected chi connectivity index (χ0v) is 10.3. The lowest BCUT2D eigenvalue weighted by Crippen LogP contribution is -2.41. The highest BCUT2D eigenvalue weighted by atomic mass is 19.1. The van der Waals surface area contributed by atoms with Crippen molar-refractivity contribution in [2.75, 3.05) is 12.3 Å². The van der Waals surface area contributed by atoms with Gasteiger partial charge in [0.05, 0.1) is 11.7 Å². The van der Waals surface area contributed by atoms with Crippen LogP contribution in [-0.4, -0.2) is 24.7 Å². The van der Waals surface area contributed by atoms with Crippen LogP contribution >= 0.6 is 0 Å². The van der Waals surface area contributed by atoms with Crippen LogP contribution in [0.2, 0.25) is 0 Å². The Balaban J connectivity index is 2.03. The summed E-state index contributed by atoms with van der Waals surface area (Å²) >= 11 is 0. The van der Waals surface area contributed by atoms with Crippen molar-refractivity contribution in [1.82, 2.24) is 5.32 Å². The first-order valence-corrected chi connectivity index (χ1v) is 6.03. The molecule has 5 heteroatoms. The molecule has 1 aromatic rings. The van der Waals surface area contributed by atoms with E-state index < -0.39 is 11.7 Å². The van der Waals surface area contributed by atoms with Gasteiger partial charge >= 0.3 is 0 Å². The van der Waals surface area contributed by atoms with E-state index in [1.165, 1.54) is 12.1 Å². The molecular weight excluding hydrogens is 235 g/mol. The van der Waals surface area contributed by atoms with Crippen molar-refractivity contribution in [2.24, 2.45) is 0 Å². The molecule has 2 atom stereocenters. The second-order valence-corrected chi connectivity index (χ2v) is 4.62. The number of carbonyl (C=O) groups is 1. The van der Waals surface area contributed by atoms with Gasteiger partial charge in [0.2, 0.25) is 0 Å². The van der Waals surface area contributed by atoms with Crippen LogP contribution in [0.5, 0.6) is 0 Å². The van der Waals surface area contributed by atoms with Crippen LogP contribution in [0.3, 0.4) is 0 Å². The lowest BCUT2D eigenvalue weighted by atomic mass is 10.0. The first-order valence-electron chi connectivity index (χ1n) is 6.03. The van der Waals surface area contributed by atoms with E-state index in [1.54, 1.807) is 0 Å². The summed E-state index contributed by atoms with van der Waals surface area (Å²) in [5.41, 5.74) is 5.78. The number of amides is 1. The normalized spacial score (nSPS) is 23.7. The van der Waals surface area contributed by atoms with Crippen molar-refractivity contribution in [3.63, 3.8) is 0 Å². The Morgan fingerprint density at radius 2 is 2.33 bits per heavy atom. The zero-order valence-electron chi connectivity index (χ0n) is 10.3. The van der Waals surface area contributed by atoms with E-state index in [0.29, 0.717) is 12.3 Å². The molecule has 3 N–H and O–H groups in total. The van der Waals surface area contributed by atoms with Gasteiger partial charge in [-0.15, -0.1) is 0 Å². The number of ether oxygens (including phenoxy) is 1. The van der Waals surface area contributed by atoms with Gasteiger partial charge in [-0.2, -0.15) is 0 Å². The molecule has 0 spiro atoms. The molecule has 2 rings (SSSR count). The highest BCUT2D eigenvalue weighted by Gasteiger charge is 2.22. The number of carbonyl (C=O) groups excluding carboxylic acids is 1. The maximum absolute atomic E-state index is 13.6. The Bertz CT molecular complexity index is 451. The Hall–Kier alpha value is -1.62. The number of halogens is 1. The van der Waals surface area contributed by atoms with Crippen LogP contribution in [0.25, 0.3) is 0 Å². The third-order valence-corrected chi connectivity index (χ3v) is 3.06. The third kappa shape index (κ3) is 2.98. The molecule has 1 aliphatic rings. The van der Waals surface area contributed by atoms with E-state index in [0.717, 1.165) is 18.9 Å². The second-order valence-electron chi connectivity index (χ2n) is 4.62. The Labute approximate surface area is 105 Å². The standard InChI is InChI=1S/C13H17FN2O2/c1-8-6-10(4-5-18-8)16-13(17)11-3-2-9(15)7-12(11)14/h2-3,7-8,10H,4-6,15H2,1H3,(H,16,17). The summed E-state index contributed by atoms with van der Waals surface area (Å²) in [7, 11) is 0. The van der Waals surface area contributed by atoms with E-state index in [1.807, 2.05) is 6.92 Å². The fourth-order valence-electron chi connectivity index (χ4n) is 2.11. The van der Waals surface area contributed by atoms with Gasteiger partial charge in [0.15, 0.2) is 0 Å². The number of nitrogens with one attached hydrogen (secondary N) is 1. The first kappa shape index (κ1) is 12.8. The number of benzene rings is 1. The van der Waals surface area contributed by atoms with Crippen LogP contribution in [0.1, 0.15) is 30.1 Å². The molecule has 18 heavy (non-hydrogen) atoms. The van der Waals surface area contributed by atoms with Crippen LogP contribution < -0.4 is 11.1 Å². The van der Waals surface area contributed by atoms with Gasteiger partial charge in [-0.1, -0.05) is 0 Å². The molecule has 0 bridgehead atoms. The summed E-state index contributed by atoms with van der Waals surface area (Å²) in [4.78, 5) is 11.9. The predicted molar refractivity (Wildman–Crippen MR) is 66.7 cm³/mol. The quantitative estimate of drug-likeness (QED) is 0.787. The van der Waals surface area contributed by atoms with Gasteiger partial charge in [-0.05, 0) is 38.0 Å². The maximum atomic E-state index is 13.6. The Morgan fingerprint density at radius 1 is 1.56 bits per heavy atom. The second kappa shape index (κ2) is 5.35. The Morgan fingerprint density at radius 3 is 3.00 bits per heavy atom. The number of anilines is 1. The SMILES string of the molecule is CC1CC(NC(=O)c2ccc(N)cc2F)CCO1. The van der Waals surface area contributed by atoms with Crippen LogP contribution in [0.4, 0.5) is 10.1 Å². The summed E-state index contributed by atoms with van der Waals surface area (Å²) in [5.74, 6) is -0.987. The number of hydrogen-bond donors (Lipinski definition) is 2. The van der Waals surface area contributed by atoms with Crippen LogP contribution in [0.15, 0.2) is 18.2 Å². The molecule has 1 aliphatic heterocycles. The van der Waals surface area contributed by atoms with E-state index in [4.69, 9.17) is 10.5 Å². The van der Waals surface area contributed by atoms with Gasteiger partial charge in [-0.25, -0.2) is 4.39 Å². The van der Waals surface area contributed by atoms with Gasteiger partial charge in [-0.3, -0.25) is 4.79 Å². The topological polar surface area (TPSA) is 64.4 Å². The minimum absolute atomic E-state index is 0.0309. The maximum Gasteiger partial charge on any atom is 0.254 e. The van der Waals surface area contributed by atoms with E-state index in [2.05, 4.69) is 5.32 Å². The summed E-state index contributed by atoms with van der Waals surface area (Å²) in [6, 6.07) is 4.12. The molecule has 1 amide bonds. The van der Waals surface area contributed by atoms with Crippen molar-refractivity contribution in [3.8, 4) is 0 Å². The largest absolute Gasteiger partial charge is 0.399 e. The Kier molecular flexibility index (Phi) is 3.81. The minimum atomic E-state index is -0.590. The van der Waals surface area contributed by atoms with Gasteiger partial charge in [0, 0.05) is 18.3 Å². The smallest absolute Gasteiger partial charge is 0.254 e. The van der Waals surface area contributed by atoms with E-state index >= 15 is 0 Å². The number of nitrogen functional groups attached to an aromatic ring is 1. The zero-order chi connectivity index (χ0) is 13.1. The highest BCUT2D eigenvalue weighted by Crippen LogP contribution is 2.16. The fraction of sp³-hybridized carbons (Fsp3) is 0.462. The van der Waals surface area contributed by atoms with Crippen LogP contribution in [-0.2, 0) is 4.74 Å². The highest BCUT2D eigenvalue weighted by molar-refractivity contribution is 5.95. The molecule has 2 unspecified atom stereocenters. The molecule has 0 aromatic heterocycles.